The summed E-state index contributed by atoms with van der Waals surface area (Å²) in [4.78, 5) is 23.9. The lowest BCUT2D eigenvalue weighted by atomic mass is 10.3. The Morgan fingerprint density at radius 2 is 2.11 bits per heavy atom. The lowest BCUT2D eigenvalue weighted by Gasteiger charge is -2.17. The summed E-state index contributed by atoms with van der Waals surface area (Å²) in [5, 5.41) is 11.4. The Bertz CT molecular complexity index is 448. The summed E-state index contributed by atoms with van der Waals surface area (Å²) in [5.74, 6) is -0.553. The van der Waals surface area contributed by atoms with Crippen LogP contribution in [-0.4, -0.2) is 48.6 Å². The Morgan fingerprint density at radius 1 is 1.37 bits per heavy atom. The molecular formula is C13H18N2O4. The highest BCUT2D eigenvalue weighted by atomic mass is 16.5. The first kappa shape index (κ1) is 15.0. The molecule has 6 nitrogen and oxygen atoms in total. The van der Waals surface area contributed by atoms with Crippen LogP contribution in [0.5, 0.6) is 5.75 Å². The van der Waals surface area contributed by atoms with E-state index in [9.17, 15) is 9.59 Å². The fourth-order valence-corrected chi connectivity index (χ4v) is 1.58. The Kier molecular flexibility index (Phi) is 5.81. The van der Waals surface area contributed by atoms with Gasteiger partial charge in [0.1, 0.15) is 5.75 Å². The SMILES string of the molecule is CCN(CC(=O)O)CC(=O)Nc1cccc(OC)c1. The second-order valence-corrected chi connectivity index (χ2v) is 3.98. The van der Waals surface area contributed by atoms with Gasteiger partial charge in [0.05, 0.1) is 20.2 Å². The number of likely N-dealkylation sites (N-methyl/N-ethyl adjacent to an activating group) is 1. The second-order valence-electron chi connectivity index (χ2n) is 3.98. The number of nitrogens with zero attached hydrogens (tertiary/aromatic N) is 1. The summed E-state index contributed by atoms with van der Waals surface area (Å²) >= 11 is 0. The van der Waals surface area contributed by atoms with Gasteiger partial charge in [-0.05, 0) is 18.7 Å². The average Bonchev–Trinajstić information content (AvgIpc) is 2.37. The molecule has 0 unspecified atom stereocenters. The Hall–Kier alpha value is -2.08. The first-order valence-electron chi connectivity index (χ1n) is 5.93. The summed E-state index contributed by atoms with van der Waals surface area (Å²) in [6, 6.07) is 6.99. The van der Waals surface area contributed by atoms with Gasteiger partial charge in [0, 0.05) is 11.8 Å². The van der Waals surface area contributed by atoms with E-state index in [0.29, 0.717) is 18.0 Å². The number of carbonyl (C=O) groups excluding carboxylic acids is 1. The summed E-state index contributed by atoms with van der Waals surface area (Å²) in [5.41, 5.74) is 0.621. The van der Waals surface area contributed by atoms with Crippen molar-refractivity contribution < 1.29 is 19.4 Å². The number of carboxylic acids is 1. The van der Waals surface area contributed by atoms with Crippen LogP contribution in [0.4, 0.5) is 5.69 Å². The normalized spacial score (nSPS) is 10.3. The average molecular weight is 266 g/mol. The van der Waals surface area contributed by atoms with E-state index in [2.05, 4.69) is 5.32 Å². The fourth-order valence-electron chi connectivity index (χ4n) is 1.58. The van der Waals surface area contributed by atoms with Crippen molar-refractivity contribution in [3.8, 4) is 5.75 Å². The molecule has 0 saturated carbocycles. The van der Waals surface area contributed by atoms with Gasteiger partial charge in [-0.3, -0.25) is 14.5 Å². The van der Waals surface area contributed by atoms with Crippen molar-refractivity contribution in [2.24, 2.45) is 0 Å². The summed E-state index contributed by atoms with van der Waals surface area (Å²) in [6.45, 7) is 2.20. The van der Waals surface area contributed by atoms with E-state index in [0.717, 1.165) is 0 Å². The zero-order valence-electron chi connectivity index (χ0n) is 11.0. The van der Waals surface area contributed by atoms with Crippen LogP contribution in [0.1, 0.15) is 6.92 Å². The molecule has 0 fully saturated rings. The monoisotopic (exact) mass is 266 g/mol. The topological polar surface area (TPSA) is 78.9 Å². The molecule has 0 aromatic heterocycles. The molecular weight excluding hydrogens is 248 g/mol. The number of carbonyl (C=O) groups is 2. The molecule has 1 amide bonds. The van der Waals surface area contributed by atoms with E-state index >= 15 is 0 Å². The lowest BCUT2D eigenvalue weighted by Crippen LogP contribution is -2.36. The smallest absolute Gasteiger partial charge is 0.317 e. The third-order valence-corrected chi connectivity index (χ3v) is 2.53. The minimum atomic E-state index is -0.948. The van der Waals surface area contributed by atoms with Crippen molar-refractivity contribution in [2.45, 2.75) is 6.92 Å². The molecule has 0 saturated heterocycles. The third-order valence-electron chi connectivity index (χ3n) is 2.53. The maximum absolute atomic E-state index is 11.8. The van der Waals surface area contributed by atoms with Gasteiger partial charge in [-0.25, -0.2) is 0 Å². The second kappa shape index (κ2) is 7.38. The summed E-state index contributed by atoms with van der Waals surface area (Å²) in [7, 11) is 1.55. The largest absolute Gasteiger partial charge is 0.497 e. The fraction of sp³-hybridized carbons (Fsp3) is 0.385. The number of ether oxygens (including phenoxy) is 1. The summed E-state index contributed by atoms with van der Waals surface area (Å²) < 4.78 is 5.05. The Labute approximate surface area is 112 Å². The van der Waals surface area contributed by atoms with Crippen molar-refractivity contribution in [1.82, 2.24) is 4.90 Å². The van der Waals surface area contributed by atoms with Gasteiger partial charge in [-0.1, -0.05) is 13.0 Å². The van der Waals surface area contributed by atoms with E-state index in [1.165, 1.54) is 4.90 Å². The number of methoxy groups -OCH3 is 1. The number of amides is 1. The van der Waals surface area contributed by atoms with Gasteiger partial charge in [-0.15, -0.1) is 0 Å². The highest BCUT2D eigenvalue weighted by Crippen LogP contribution is 2.16. The van der Waals surface area contributed by atoms with Crippen molar-refractivity contribution >= 4 is 17.6 Å². The number of benzene rings is 1. The number of aliphatic carboxylic acids is 1. The van der Waals surface area contributed by atoms with Crippen LogP contribution >= 0.6 is 0 Å². The molecule has 19 heavy (non-hydrogen) atoms. The standard InChI is InChI=1S/C13H18N2O4/c1-3-15(9-13(17)18)8-12(16)14-10-5-4-6-11(7-10)19-2/h4-7H,3,8-9H2,1-2H3,(H,14,16)(H,17,18). The van der Waals surface area contributed by atoms with Crippen LogP contribution in [0.15, 0.2) is 24.3 Å². The number of nitrogens with one attached hydrogen (secondary N) is 1. The highest BCUT2D eigenvalue weighted by Gasteiger charge is 2.12. The first-order chi connectivity index (χ1) is 9.05. The van der Waals surface area contributed by atoms with E-state index in [4.69, 9.17) is 9.84 Å². The van der Waals surface area contributed by atoms with E-state index in [1.54, 1.807) is 31.4 Å². The molecule has 0 bridgehead atoms. The molecule has 0 aliphatic heterocycles. The predicted octanol–water partition coefficient (Wildman–Crippen LogP) is 1.04. The van der Waals surface area contributed by atoms with Crippen molar-refractivity contribution in [3.05, 3.63) is 24.3 Å². The van der Waals surface area contributed by atoms with Crippen LogP contribution < -0.4 is 10.1 Å². The van der Waals surface area contributed by atoms with Crippen molar-refractivity contribution in [1.29, 1.82) is 0 Å². The van der Waals surface area contributed by atoms with Gasteiger partial charge >= 0.3 is 5.97 Å². The number of carboxylic acid groups (broad SMARTS) is 1. The summed E-state index contributed by atoms with van der Waals surface area (Å²) in [6.07, 6.45) is 0. The van der Waals surface area contributed by atoms with Gasteiger partial charge in [0.15, 0.2) is 0 Å². The lowest BCUT2D eigenvalue weighted by molar-refractivity contribution is -0.138. The van der Waals surface area contributed by atoms with E-state index < -0.39 is 5.97 Å². The zero-order valence-corrected chi connectivity index (χ0v) is 11.0. The molecule has 0 spiro atoms. The molecule has 1 aromatic carbocycles. The van der Waals surface area contributed by atoms with Crippen molar-refractivity contribution in [2.75, 3.05) is 32.1 Å². The molecule has 1 rings (SSSR count). The van der Waals surface area contributed by atoms with Gasteiger partial charge in [-0.2, -0.15) is 0 Å². The number of rotatable bonds is 7. The van der Waals surface area contributed by atoms with Crippen LogP contribution in [-0.2, 0) is 9.59 Å². The number of anilines is 1. The molecule has 0 aliphatic carbocycles. The first-order valence-corrected chi connectivity index (χ1v) is 5.93. The Morgan fingerprint density at radius 3 is 2.68 bits per heavy atom. The molecule has 1 aromatic rings. The molecule has 104 valence electrons. The Balaban J connectivity index is 2.56. The molecule has 6 heteroatoms. The van der Waals surface area contributed by atoms with Crippen molar-refractivity contribution in [3.63, 3.8) is 0 Å². The third kappa shape index (κ3) is 5.39. The molecule has 0 aliphatic rings. The molecule has 2 N–H and O–H groups in total. The van der Waals surface area contributed by atoms with Gasteiger partial charge in [0.2, 0.25) is 5.91 Å². The van der Waals surface area contributed by atoms with Gasteiger partial charge in [0.25, 0.3) is 0 Å². The minimum absolute atomic E-state index is 0.0417. The quantitative estimate of drug-likeness (QED) is 0.771. The number of hydrogen-bond donors (Lipinski definition) is 2. The van der Waals surface area contributed by atoms with Crippen LogP contribution in [0.2, 0.25) is 0 Å². The molecule has 0 heterocycles. The predicted molar refractivity (Wildman–Crippen MR) is 71.4 cm³/mol. The van der Waals surface area contributed by atoms with Crippen LogP contribution in [0.25, 0.3) is 0 Å². The van der Waals surface area contributed by atoms with Crippen LogP contribution in [0.3, 0.4) is 0 Å². The molecule has 0 radical (unpaired) electrons. The van der Waals surface area contributed by atoms with E-state index in [1.807, 2.05) is 6.92 Å². The minimum Gasteiger partial charge on any atom is -0.497 e. The maximum Gasteiger partial charge on any atom is 0.317 e. The molecule has 0 atom stereocenters. The van der Waals surface area contributed by atoms with Gasteiger partial charge < -0.3 is 15.2 Å². The number of hydrogen-bond acceptors (Lipinski definition) is 4. The van der Waals surface area contributed by atoms with E-state index in [-0.39, 0.29) is 19.0 Å². The maximum atomic E-state index is 11.8. The van der Waals surface area contributed by atoms with Crippen LogP contribution in [0, 0.1) is 0 Å². The highest BCUT2D eigenvalue weighted by molar-refractivity contribution is 5.92. The zero-order chi connectivity index (χ0) is 14.3.